The number of nitrogens with zero attached hydrogens (tertiary/aromatic N) is 1. The summed E-state index contributed by atoms with van der Waals surface area (Å²) >= 11 is 9.54. The molecule has 1 saturated carbocycles. The van der Waals surface area contributed by atoms with Gasteiger partial charge in [0.15, 0.2) is 12.0 Å². The van der Waals surface area contributed by atoms with Gasteiger partial charge in [-0.1, -0.05) is 27.5 Å². The zero-order valence-electron chi connectivity index (χ0n) is 12.0. The summed E-state index contributed by atoms with van der Waals surface area (Å²) in [5.41, 5.74) is 2.23. The molecule has 1 fully saturated rings. The van der Waals surface area contributed by atoms with Crippen LogP contribution in [-0.2, 0) is 0 Å². The van der Waals surface area contributed by atoms with Crippen LogP contribution in [0.2, 0.25) is 5.02 Å². The molecule has 2 aromatic carbocycles. The second kappa shape index (κ2) is 4.74. The molecule has 1 aliphatic heterocycles. The van der Waals surface area contributed by atoms with Gasteiger partial charge >= 0.3 is 0 Å². The van der Waals surface area contributed by atoms with Gasteiger partial charge in [0.05, 0.1) is 11.2 Å². The van der Waals surface area contributed by atoms with Crippen LogP contribution in [0.1, 0.15) is 19.1 Å². The number of rotatable bonds is 1. The quantitative estimate of drug-likeness (QED) is 0.483. The van der Waals surface area contributed by atoms with E-state index in [0.717, 1.165) is 34.1 Å². The molecule has 0 amide bonds. The zero-order valence-corrected chi connectivity index (χ0v) is 14.4. The average molecular weight is 393 g/mol. The van der Waals surface area contributed by atoms with Crippen LogP contribution >= 0.6 is 27.5 Å². The molecule has 116 valence electrons. The molecule has 0 saturated heterocycles. The van der Waals surface area contributed by atoms with E-state index < -0.39 is 0 Å². The first-order chi connectivity index (χ1) is 11.1. The molecular weight excluding hydrogens is 381 g/mol. The molecule has 1 aromatic heterocycles. The Hall–Kier alpha value is -1.52. The van der Waals surface area contributed by atoms with E-state index in [2.05, 4.69) is 15.9 Å². The van der Waals surface area contributed by atoms with Crippen molar-refractivity contribution in [3.63, 3.8) is 0 Å². The van der Waals surface area contributed by atoms with Crippen LogP contribution in [0.25, 0.3) is 22.2 Å². The van der Waals surface area contributed by atoms with Crippen LogP contribution < -0.4 is 4.74 Å². The minimum absolute atomic E-state index is 0.153. The SMILES string of the molecule is Fc1c2n(c3ccc(Cl)cc13)C(C1CC1)Oc1cc(Br)ccc1-2. The molecular formula is C18H12BrClFNO. The lowest BCUT2D eigenvalue weighted by Crippen LogP contribution is -2.23. The van der Waals surface area contributed by atoms with E-state index >= 15 is 4.39 Å². The van der Waals surface area contributed by atoms with E-state index in [9.17, 15) is 0 Å². The van der Waals surface area contributed by atoms with Crippen molar-refractivity contribution in [2.24, 2.45) is 5.92 Å². The second-order valence-corrected chi connectivity index (χ2v) is 7.53. The summed E-state index contributed by atoms with van der Waals surface area (Å²) < 4.78 is 24.4. The average Bonchev–Trinajstić information content (AvgIpc) is 3.33. The largest absolute Gasteiger partial charge is 0.469 e. The van der Waals surface area contributed by atoms with E-state index in [-0.39, 0.29) is 12.0 Å². The van der Waals surface area contributed by atoms with Gasteiger partial charge in [0.2, 0.25) is 0 Å². The van der Waals surface area contributed by atoms with Crippen molar-refractivity contribution in [1.29, 1.82) is 0 Å². The first-order valence-corrected chi connectivity index (χ1v) is 8.76. The maximum Gasteiger partial charge on any atom is 0.179 e. The zero-order chi connectivity index (χ0) is 15.7. The topological polar surface area (TPSA) is 14.2 Å². The summed E-state index contributed by atoms with van der Waals surface area (Å²) in [6, 6.07) is 11.1. The smallest absolute Gasteiger partial charge is 0.179 e. The fraction of sp³-hybridized carbons (Fsp3) is 0.222. The summed E-state index contributed by atoms with van der Waals surface area (Å²) in [5.74, 6) is 0.947. The standard InChI is InChI=1S/C18H12BrClFNO/c19-10-3-5-12-15(7-10)23-18(9-1-2-9)22-14-6-4-11(20)8-13(14)16(21)17(12)22/h3-9,18H,1-2H2. The number of benzene rings is 2. The third-order valence-corrected chi connectivity index (χ3v) is 5.36. The van der Waals surface area contributed by atoms with Gasteiger partial charge in [0, 0.05) is 26.4 Å². The highest BCUT2D eigenvalue weighted by molar-refractivity contribution is 9.10. The molecule has 0 radical (unpaired) electrons. The van der Waals surface area contributed by atoms with Crippen molar-refractivity contribution in [2.75, 3.05) is 0 Å². The normalized spacial score (nSPS) is 19.3. The van der Waals surface area contributed by atoms with E-state index in [1.807, 2.05) is 28.8 Å². The van der Waals surface area contributed by atoms with Gasteiger partial charge in [-0.05, 0) is 49.2 Å². The molecule has 2 nitrogen and oxygen atoms in total. The van der Waals surface area contributed by atoms with Crippen molar-refractivity contribution in [1.82, 2.24) is 4.57 Å². The molecule has 1 unspecified atom stereocenters. The van der Waals surface area contributed by atoms with Gasteiger partial charge in [-0.15, -0.1) is 0 Å². The van der Waals surface area contributed by atoms with Crippen molar-refractivity contribution in [3.05, 3.63) is 51.7 Å². The summed E-state index contributed by atoms with van der Waals surface area (Å²) in [4.78, 5) is 0. The Morgan fingerprint density at radius 2 is 2.00 bits per heavy atom. The number of halogens is 3. The van der Waals surface area contributed by atoms with Gasteiger partial charge < -0.3 is 9.30 Å². The van der Waals surface area contributed by atoms with Crippen LogP contribution in [0.5, 0.6) is 5.75 Å². The van der Waals surface area contributed by atoms with Gasteiger partial charge in [-0.3, -0.25) is 0 Å². The Balaban J connectivity index is 1.88. The lowest BCUT2D eigenvalue weighted by Gasteiger charge is -2.30. The summed E-state index contributed by atoms with van der Waals surface area (Å²) in [6.45, 7) is 0. The lowest BCUT2D eigenvalue weighted by molar-refractivity contribution is 0.107. The Morgan fingerprint density at radius 1 is 1.17 bits per heavy atom. The molecule has 0 bridgehead atoms. The molecule has 2 aliphatic rings. The van der Waals surface area contributed by atoms with Crippen LogP contribution in [-0.4, -0.2) is 4.57 Å². The van der Waals surface area contributed by atoms with Gasteiger partial charge in [-0.25, -0.2) is 4.39 Å². The minimum atomic E-state index is -0.222. The Kier molecular flexibility index (Phi) is 2.86. The van der Waals surface area contributed by atoms with Crippen molar-refractivity contribution >= 4 is 38.4 Å². The highest BCUT2D eigenvalue weighted by Gasteiger charge is 2.40. The second-order valence-electron chi connectivity index (χ2n) is 6.18. The van der Waals surface area contributed by atoms with E-state index in [1.54, 1.807) is 12.1 Å². The number of aromatic nitrogens is 1. The number of ether oxygens (including phenoxy) is 1. The predicted octanol–water partition coefficient (Wildman–Crippen LogP) is 6.16. The molecule has 5 rings (SSSR count). The molecule has 1 aliphatic carbocycles. The van der Waals surface area contributed by atoms with E-state index in [1.165, 1.54) is 0 Å². The van der Waals surface area contributed by atoms with Gasteiger partial charge in [0.1, 0.15) is 5.75 Å². The maximum atomic E-state index is 15.2. The minimum Gasteiger partial charge on any atom is -0.469 e. The molecule has 1 atom stereocenters. The highest BCUT2D eigenvalue weighted by atomic mass is 79.9. The fourth-order valence-electron chi connectivity index (χ4n) is 3.42. The van der Waals surface area contributed by atoms with Crippen LogP contribution in [0.3, 0.4) is 0 Å². The summed E-state index contributed by atoms with van der Waals surface area (Å²) in [5, 5.41) is 1.09. The van der Waals surface area contributed by atoms with Gasteiger partial charge in [-0.2, -0.15) is 0 Å². The van der Waals surface area contributed by atoms with Crippen LogP contribution in [0.15, 0.2) is 40.9 Å². The van der Waals surface area contributed by atoms with Crippen molar-refractivity contribution < 1.29 is 9.13 Å². The first kappa shape index (κ1) is 13.9. The molecule has 0 spiro atoms. The van der Waals surface area contributed by atoms with Gasteiger partial charge in [0.25, 0.3) is 0 Å². The van der Waals surface area contributed by atoms with Crippen LogP contribution in [0, 0.1) is 11.7 Å². The maximum absolute atomic E-state index is 15.2. The summed E-state index contributed by atoms with van der Waals surface area (Å²) in [6.07, 6.45) is 2.07. The van der Waals surface area contributed by atoms with Crippen molar-refractivity contribution in [2.45, 2.75) is 19.1 Å². The fourth-order valence-corrected chi connectivity index (χ4v) is 3.93. The lowest BCUT2D eigenvalue weighted by atomic mass is 10.1. The third kappa shape index (κ3) is 1.98. The number of fused-ring (bicyclic) bond motifs is 5. The van der Waals surface area contributed by atoms with E-state index in [4.69, 9.17) is 16.3 Å². The van der Waals surface area contributed by atoms with Crippen molar-refractivity contribution in [3.8, 4) is 17.0 Å². The highest BCUT2D eigenvalue weighted by Crippen LogP contribution is 2.51. The molecule has 2 heterocycles. The Bertz CT molecular complexity index is 963. The predicted molar refractivity (Wildman–Crippen MR) is 92.4 cm³/mol. The van der Waals surface area contributed by atoms with Crippen LogP contribution in [0.4, 0.5) is 4.39 Å². The Labute approximate surface area is 145 Å². The molecule has 0 N–H and O–H groups in total. The third-order valence-electron chi connectivity index (χ3n) is 4.63. The summed E-state index contributed by atoms with van der Waals surface area (Å²) in [7, 11) is 0. The monoisotopic (exact) mass is 391 g/mol. The molecule has 23 heavy (non-hydrogen) atoms. The number of hydrogen-bond acceptors (Lipinski definition) is 1. The first-order valence-electron chi connectivity index (χ1n) is 7.59. The van der Waals surface area contributed by atoms with E-state index in [0.29, 0.717) is 22.0 Å². The molecule has 3 aromatic rings. The Morgan fingerprint density at radius 3 is 2.78 bits per heavy atom. The number of hydrogen-bond donors (Lipinski definition) is 0. The molecule has 5 heteroatoms.